The number of sulfonamides is 1. The molecule has 1 saturated heterocycles. The van der Waals surface area contributed by atoms with Crippen molar-refractivity contribution < 1.29 is 21.6 Å². The van der Waals surface area contributed by atoms with E-state index in [9.17, 15) is 21.6 Å². The molecule has 1 aliphatic heterocycles. The van der Waals surface area contributed by atoms with Gasteiger partial charge in [-0.2, -0.15) is 18.3 Å². The highest BCUT2D eigenvalue weighted by atomic mass is 32.2. The van der Waals surface area contributed by atoms with Gasteiger partial charge in [0, 0.05) is 31.9 Å². The van der Waals surface area contributed by atoms with E-state index in [0.717, 1.165) is 23.5 Å². The van der Waals surface area contributed by atoms with Gasteiger partial charge in [-0.3, -0.25) is 4.90 Å². The number of hydrogen-bond donors (Lipinski definition) is 1. The first kappa shape index (κ1) is 21.5. The molecule has 1 aromatic heterocycles. The van der Waals surface area contributed by atoms with Crippen LogP contribution in [0.1, 0.15) is 17.7 Å². The topological polar surface area (TPSA) is 67.2 Å². The summed E-state index contributed by atoms with van der Waals surface area (Å²) < 4.78 is 68.2. The number of halogens is 3. The third kappa shape index (κ3) is 5.15. The first-order valence-corrected chi connectivity index (χ1v) is 11.2. The quantitative estimate of drug-likeness (QED) is 0.625. The molecule has 0 bridgehead atoms. The molecule has 3 aromatic rings. The van der Waals surface area contributed by atoms with Crippen molar-refractivity contribution in [1.29, 1.82) is 0 Å². The zero-order valence-corrected chi connectivity index (χ0v) is 17.3. The van der Waals surface area contributed by atoms with Crippen molar-refractivity contribution in [3.05, 3.63) is 78.1 Å². The predicted octanol–water partition coefficient (Wildman–Crippen LogP) is 3.44. The Morgan fingerprint density at radius 3 is 2.58 bits per heavy atom. The number of aromatic nitrogens is 2. The van der Waals surface area contributed by atoms with Crippen LogP contribution in [0, 0.1) is 0 Å². The van der Waals surface area contributed by atoms with Gasteiger partial charge in [-0.15, -0.1) is 0 Å². The van der Waals surface area contributed by atoms with Crippen molar-refractivity contribution in [2.24, 2.45) is 0 Å². The molecular weight excluding hydrogens is 429 g/mol. The monoisotopic (exact) mass is 450 g/mol. The number of likely N-dealkylation sites (tertiary alicyclic amines) is 1. The Bertz CT molecular complexity index is 1150. The normalized spacial score (nSPS) is 17.8. The third-order valence-corrected chi connectivity index (χ3v) is 6.63. The van der Waals surface area contributed by atoms with E-state index in [1.54, 1.807) is 4.68 Å². The first-order chi connectivity index (χ1) is 14.7. The minimum Gasteiger partial charge on any atom is -0.296 e. The molecule has 0 amide bonds. The third-order valence-electron chi connectivity index (χ3n) is 5.12. The number of nitrogens with zero attached hydrogens (tertiary/aromatic N) is 3. The summed E-state index contributed by atoms with van der Waals surface area (Å²) in [5.74, 6) is 0. The predicted molar refractivity (Wildman–Crippen MR) is 109 cm³/mol. The lowest BCUT2D eigenvalue weighted by molar-refractivity contribution is -0.137. The van der Waals surface area contributed by atoms with E-state index in [1.165, 1.54) is 6.07 Å². The van der Waals surface area contributed by atoms with E-state index in [4.69, 9.17) is 0 Å². The Morgan fingerprint density at radius 2 is 1.84 bits per heavy atom. The summed E-state index contributed by atoms with van der Waals surface area (Å²) in [7, 11) is -4.05. The van der Waals surface area contributed by atoms with Gasteiger partial charge in [-0.05, 0) is 42.8 Å². The second-order valence-electron chi connectivity index (χ2n) is 7.45. The zero-order chi connectivity index (χ0) is 22.1. The second kappa shape index (κ2) is 8.45. The lowest BCUT2D eigenvalue weighted by Gasteiger charge is -2.16. The fraction of sp³-hybridized carbons (Fsp3) is 0.286. The summed E-state index contributed by atoms with van der Waals surface area (Å²) in [5, 5.41) is 4.55. The maximum absolute atomic E-state index is 12.9. The number of benzene rings is 2. The molecule has 2 heterocycles. The minimum absolute atomic E-state index is 0.379. The van der Waals surface area contributed by atoms with Gasteiger partial charge >= 0.3 is 6.18 Å². The van der Waals surface area contributed by atoms with Gasteiger partial charge in [0.15, 0.2) is 0 Å². The molecule has 0 unspecified atom stereocenters. The Morgan fingerprint density at radius 1 is 1.06 bits per heavy atom. The number of alkyl halides is 3. The van der Waals surface area contributed by atoms with Gasteiger partial charge in [-0.25, -0.2) is 17.8 Å². The van der Waals surface area contributed by atoms with Crippen LogP contribution in [-0.4, -0.2) is 42.2 Å². The first-order valence-electron chi connectivity index (χ1n) is 9.73. The maximum atomic E-state index is 12.9. The highest BCUT2D eigenvalue weighted by molar-refractivity contribution is 7.89. The van der Waals surface area contributed by atoms with Crippen LogP contribution in [0.25, 0.3) is 5.69 Å². The summed E-state index contributed by atoms with van der Waals surface area (Å²) in [5.41, 5.74) is 0.810. The van der Waals surface area contributed by atoms with Gasteiger partial charge in [0.05, 0.1) is 21.8 Å². The molecule has 0 saturated carbocycles. The number of para-hydroxylation sites is 1. The van der Waals surface area contributed by atoms with Crippen LogP contribution in [0.2, 0.25) is 0 Å². The van der Waals surface area contributed by atoms with Crippen LogP contribution >= 0.6 is 0 Å². The molecule has 10 heteroatoms. The van der Waals surface area contributed by atoms with Crippen LogP contribution < -0.4 is 4.72 Å². The summed E-state index contributed by atoms with van der Waals surface area (Å²) in [6.45, 7) is 1.67. The van der Waals surface area contributed by atoms with E-state index in [1.807, 2.05) is 42.6 Å². The van der Waals surface area contributed by atoms with Crippen LogP contribution in [0.15, 0.2) is 71.8 Å². The van der Waals surface area contributed by atoms with E-state index >= 15 is 0 Å². The summed E-state index contributed by atoms with van der Waals surface area (Å²) in [6, 6.07) is 15.0. The molecule has 1 atom stereocenters. The van der Waals surface area contributed by atoms with Gasteiger partial charge in [0.1, 0.15) is 0 Å². The van der Waals surface area contributed by atoms with E-state index in [-0.39, 0.29) is 10.9 Å². The molecule has 1 N–H and O–H groups in total. The fourth-order valence-electron chi connectivity index (χ4n) is 3.60. The van der Waals surface area contributed by atoms with Crippen molar-refractivity contribution >= 4 is 10.0 Å². The van der Waals surface area contributed by atoms with Crippen molar-refractivity contribution in [1.82, 2.24) is 19.4 Å². The second-order valence-corrected chi connectivity index (χ2v) is 9.17. The van der Waals surface area contributed by atoms with Crippen molar-refractivity contribution in [2.45, 2.75) is 30.1 Å². The lowest BCUT2D eigenvalue weighted by atomic mass is 10.2. The summed E-state index contributed by atoms with van der Waals surface area (Å²) in [6.07, 6.45) is -2.16. The lowest BCUT2D eigenvalue weighted by Crippen LogP contribution is -2.37. The van der Waals surface area contributed by atoms with Crippen molar-refractivity contribution in [2.75, 3.05) is 13.1 Å². The highest BCUT2D eigenvalue weighted by Crippen LogP contribution is 2.30. The average Bonchev–Trinajstić information content (AvgIpc) is 3.38. The van der Waals surface area contributed by atoms with Gasteiger partial charge in [-0.1, -0.05) is 24.3 Å². The van der Waals surface area contributed by atoms with Crippen molar-refractivity contribution in [3.63, 3.8) is 0 Å². The average molecular weight is 450 g/mol. The Hall–Kier alpha value is -2.69. The summed E-state index contributed by atoms with van der Waals surface area (Å²) in [4.78, 5) is 1.68. The van der Waals surface area contributed by atoms with Gasteiger partial charge < -0.3 is 0 Å². The molecule has 2 aromatic carbocycles. The minimum atomic E-state index is -4.60. The fourth-order valence-corrected chi connectivity index (χ4v) is 4.91. The number of nitrogens with one attached hydrogen (secondary N) is 1. The molecule has 0 aliphatic carbocycles. The standard InChI is InChI=1S/C21H21F3N4O2S/c22-21(23,24)16-5-4-8-20(13-16)31(29,30)26-18-9-11-27(15-18)14-17-10-12-28(25-17)19-6-2-1-3-7-19/h1-8,10,12-13,18,26H,9,11,14-15H2/t18-/m1/s1. The van der Waals surface area contributed by atoms with E-state index in [0.29, 0.717) is 32.1 Å². The molecular formula is C21H21F3N4O2S. The largest absolute Gasteiger partial charge is 0.416 e. The SMILES string of the molecule is O=S(=O)(N[C@@H]1CCN(Cc2ccn(-c3ccccc3)n2)C1)c1cccc(C(F)(F)F)c1. The number of hydrogen-bond acceptors (Lipinski definition) is 4. The maximum Gasteiger partial charge on any atom is 0.416 e. The zero-order valence-electron chi connectivity index (χ0n) is 16.5. The molecule has 6 nitrogen and oxygen atoms in total. The summed E-state index contributed by atoms with van der Waals surface area (Å²) >= 11 is 0. The molecule has 0 spiro atoms. The Kier molecular flexibility index (Phi) is 5.87. The van der Waals surface area contributed by atoms with Gasteiger partial charge in [0.2, 0.25) is 10.0 Å². The van der Waals surface area contributed by atoms with Gasteiger partial charge in [0.25, 0.3) is 0 Å². The van der Waals surface area contributed by atoms with E-state index < -0.39 is 21.8 Å². The molecule has 1 fully saturated rings. The molecule has 164 valence electrons. The van der Waals surface area contributed by atoms with Crippen LogP contribution in [0.5, 0.6) is 0 Å². The molecule has 1 aliphatic rings. The molecule has 31 heavy (non-hydrogen) atoms. The Balaban J connectivity index is 1.38. The molecule has 0 radical (unpaired) electrons. The highest BCUT2D eigenvalue weighted by Gasteiger charge is 2.33. The van der Waals surface area contributed by atoms with Crippen LogP contribution in [0.4, 0.5) is 13.2 Å². The van der Waals surface area contributed by atoms with E-state index in [2.05, 4.69) is 14.7 Å². The number of rotatable bonds is 6. The van der Waals surface area contributed by atoms with Crippen LogP contribution in [-0.2, 0) is 22.7 Å². The van der Waals surface area contributed by atoms with Crippen molar-refractivity contribution in [3.8, 4) is 5.69 Å². The van der Waals surface area contributed by atoms with Crippen LogP contribution in [0.3, 0.4) is 0 Å². The Labute approximate surface area is 178 Å². The smallest absolute Gasteiger partial charge is 0.296 e. The molecule has 4 rings (SSSR count).